The van der Waals surface area contributed by atoms with Crippen LogP contribution in [-0.2, 0) is 19.9 Å². The lowest BCUT2D eigenvalue weighted by Gasteiger charge is -2.11. The molecule has 0 heterocycles. The molecule has 0 spiro atoms. The second kappa shape index (κ2) is 5.49. The van der Waals surface area contributed by atoms with E-state index in [2.05, 4.69) is 10.6 Å². The van der Waals surface area contributed by atoms with Crippen molar-refractivity contribution in [2.24, 2.45) is 0 Å². The average Bonchev–Trinajstić information content (AvgIpc) is 1.98. The molecule has 88 valence electrons. The third kappa shape index (κ3) is 7.36. The Kier molecular flexibility index (Phi) is 5.28. The summed E-state index contributed by atoms with van der Waals surface area (Å²) in [5.41, 5.74) is 0. The molecule has 0 aliphatic heterocycles. The zero-order chi connectivity index (χ0) is 12.1. The maximum Gasteiger partial charge on any atom is 0.227 e. The second-order valence-corrected chi connectivity index (χ2v) is 7.54. The molecule has 0 rings (SSSR count). The van der Waals surface area contributed by atoms with E-state index in [-0.39, 0.29) is 0 Å². The van der Waals surface area contributed by atoms with Gasteiger partial charge in [-0.05, 0) is 6.42 Å². The highest BCUT2D eigenvalue weighted by Crippen LogP contribution is 1.99. The molecule has 0 radical (unpaired) electrons. The summed E-state index contributed by atoms with van der Waals surface area (Å²) < 4.78 is 46.4. The van der Waals surface area contributed by atoms with E-state index in [1.807, 2.05) is 6.92 Å². The van der Waals surface area contributed by atoms with Crippen molar-refractivity contribution >= 4 is 19.9 Å². The van der Waals surface area contributed by atoms with Crippen LogP contribution in [0.25, 0.3) is 0 Å². The Balaban J connectivity index is 4.59. The van der Waals surface area contributed by atoms with Gasteiger partial charge < -0.3 is 0 Å². The van der Waals surface area contributed by atoms with E-state index < -0.39 is 31.0 Å². The second-order valence-electron chi connectivity index (χ2n) is 3.28. The first-order valence-corrected chi connectivity index (χ1v) is 8.05. The molecule has 0 aromatic heterocycles. The number of terminal acetylenes is 1. The van der Waals surface area contributed by atoms with Gasteiger partial charge in [0.15, 0.2) is 14.9 Å². The molecule has 0 amide bonds. The van der Waals surface area contributed by atoms with Crippen LogP contribution in [0.4, 0.5) is 0 Å². The molecule has 5 nitrogen and oxygen atoms in total. The molecule has 1 unspecified atom stereocenters. The molecule has 0 aromatic rings. The zero-order valence-electron chi connectivity index (χ0n) is 8.73. The smallest absolute Gasteiger partial charge is 0.227 e. The number of rotatable bonds is 6. The van der Waals surface area contributed by atoms with Gasteiger partial charge in [-0.2, -0.15) is 4.72 Å². The molecule has 1 N–H and O–H groups in total. The summed E-state index contributed by atoms with van der Waals surface area (Å²) in [5.74, 6) is 2.26. The van der Waals surface area contributed by atoms with E-state index in [0.29, 0.717) is 6.42 Å². The van der Waals surface area contributed by atoms with E-state index in [1.54, 1.807) is 0 Å². The fourth-order valence-corrected chi connectivity index (χ4v) is 4.14. The minimum absolute atomic E-state index is 0.486. The van der Waals surface area contributed by atoms with Crippen molar-refractivity contribution in [1.29, 1.82) is 0 Å². The van der Waals surface area contributed by atoms with E-state index in [0.717, 1.165) is 12.7 Å². The average molecular weight is 253 g/mol. The van der Waals surface area contributed by atoms with Crippen molar-refractivity contribution in [3.05, 3.63) is 0 Å². The van der Waals surface area contributed by atoms with Crippen LogP contribution in [0.15, 0.2) is 0 Å². The van der Waals surface area contributed by atoms with Crippen LogP contribution >= 0.6 is 0 Å². The third-order valence-electron chi connectivity index (χ3n) is 1.47. The molecule has 15 heavy (non-hydrogen) atoms. The largest absolute Gasteiger partial charge is 0.228 e. The van der Waals surface area contributed by atoms with Gasteiger partial charge in [-0.25, -0.2) is 16.8 Å². The molecule has 0 aliphatic carbocycles. The van der Waals surface area contributed by atoms with Crippen molar-refractivity contribution in [3.63, 3.8) is 0 Å². The molecule has 0 saturated heterocycles. The first-order valence-electron chi connectivity index (χ1n) is 4.34. The van der Waals surface area contributed by atoms with Gasteiger partial charge in [-0.15, -0.1) is 6.42 Å². The summed E-state index contributed by atoms with van der Waals surface area (Å²) in [5, 5.41) is -0.929. The van der Waals surface area contributed by atoms with E-state index >= 15 is 0 Å². The predicted octanol–water partition coefficient (Wildman–Crippen LogP) is -0.290. The Hall–Kier alpha value is -0.580. The standard InChI is InChI=1S/C8H15NO4S2/c1-4-6-8(5-2)9-15(12,13)7-14(3,10)11/h2,8-9H,4,6-7H2,1,3H3. The summed E-state index contributed by atoms with van der Waals surface area (Å²) >= 11 is 0. The number of sulfonamides is 1. The number of sulfone groups is 1. The minimum atomic E-state index is -3.85. The topological polar surface area (TPSA) is 80.3 Å². The zero-order valence-corrected chi connectivity index (χ0v) is 10.4. The molecule has 0 aromatic carbocycles. The molecule has 7 heteroatoms. The Morgan fingerprint density at radius 2 is 1.87 bits per heavy atom. The highest BCUT2D eigenvalue weighted by molar-refractivity contribution is 8.06. The molecule has 0 fully saturated rings. The lowest BCUT2D eigenvalue weighted by atomic mass is 10.2. The van der Waals surface area contributed by atoms with Gasteiger partial charge in [0.05, 0.1) is 6.04 Å². The quantitative estimate of drug-likeness (QED) is 0.660. The van der Waals surface area contributed by atoms with Crippen LogP contribution in [0.3, 0.4) is 0 Å². The van der Waals surface area contributed by atoms with Gasteiger partial charge in [-0.3, -0.25) is 0 Å². The fourth-order valence-electron chi connectivity index (χ4n) is 0.998. The number of hydrogen-bond acceptors (Lipinski definition) is 4. The molecular formula is C8H15NO4S2. The van der Waals surface area contributed by atoms with Crippen LogP contribution in [0.2, 0.25) is 0 Å². The van der Waals surface area contributed by atoms with Crippen molar-refractivity contribution < 1.29 is 16.8 Å². The number of hydrogen-bond donors (Lipinski definition) is 1. The van der Waals surface area contributed by atoms with Crippen LogP contribution in [-0.4, -0.2) is 34.2 Å². The van der Waals surface area contributed by atoms with Gasteiger partial charge in [0.25, 0.3) is 0 Å². The van der Waals surface area contributed by atoms with Gasteiger partial charge in [0.2, 0.25) is 10.0 Å². The van der Waals surface area contributed by atoms with Gasteiger partial charge in [0, 0.05) is 6.26 Å². The third-order valence-corrected chi connectivity index (χ3v) is 5.07. The van der Waals surface area contributed by atoms with Crippen LogP contribution in [0.5, 0.6) is 0 Å². The predicted molar refractivity (Wildman–Crippen MR) is 59.3 cm³/mol. The Morgan fingerprint density at radius 3 is 2.20 bits per heavy atom. The van der Waals surface area contributed by atoms with Crippen molar-refractivity contribution in [1.82, 2.24) is 4.72 Å². The molecule has 0 saturated carbocycles. The van der Waals surface area contributed by atoms with Crippen LogP contribution in [0.1, 0.15) is 19.8 Å². The van der Waals surface area contributed by atoms with Crippen LogP contribution < -0.4 is 4.72 Å². The highest BCUT2D eigenvalue weighted by Gasteiger charge is 2.20. The first-order chi connectivity index (χ1) is 6.70. The van der Waals surface area contributed by atoms with E-state index in [4.69, 9.17) is 6.42 Å². The monoisotopic (exact) mass is 253 g/mol. The molecular weight excluding hydrogens is 238 g/mol. The SMILES string of the molecule is C#CC(CCC)NS(=O)(=O)CS(C)(=O)=O. The van der Waals surface area contributed by atoms with E-state index in [1.165, 1.54) is 0 Å². The van der Waals surface area contributed by atoms with Crippen LogP contribution in [0, 0.1) is 12.3 Å². The summed E-state index contributed by atoms with van der Waals surface area (Å²) in [4.78, 5) is 0. The number of nitrogens with one attached hydrogen (secondary N) is 1. The summed E-state index contributed by atoms with van der Waals surface area (Å²) in [6.45, 7) is 1.86. The maximum absolute atomic E-state index is 11.3. The molecule has 0 bridgehead atoms. The van der Waals surface area contributed by atoms with Crippen molar-refractivity contribution in [3.8, 4) is 12.3 Å². The lowest BCUT2D eigenvalue weighted by molar-refractivity contribution is 0.565. The van der Waals surface area contributed by atoms with Gasteiger partial charge in [-0.1, -0.05) is 19.3 Å². The Morgan fingerprint density at radius 1 is 1.33 bits per heavy atom. The molecule has 0 aliphatic rings. The van der Waals surface area contributed by atoms with Gasteiger partial charge >= 0.3 is 0 Å². The summed E-state index contributed by atoms with van der Waals surface area (Å²) in [6, 6.07) is -0.637. The Labute approximate surface area is 91.2 Å². The fraction of sp³-hybridized carbons (Fsp3) is 0.750. The molecule has 1 atom stereocenters. The maximum atomic E-state index is 11.3. The van der Waals surface area contributed by atoms with E-state index in [9.17, 15) is 16.8 Å². The van der Waals surface area contributed by atoms with Gasteiger partial charge in [0.1, 0.15) is 0 Å². The normalized spacial score (nSPS) is 14.5. The first kappa shape index (κ1) is 14.4. The minimum Gasteiger partial charge on any atom is -0.228 e. The lowest BCUT2D eigenvalue weighted by Crippen LogP contribution is -2.37. The highest BCUT2D eigenvalue weighted by atomic mass is 32.3. The van der Waals surface area contributed by atoms with Crippen molar-refractivity contribution in [2.75, 3.05) is 11.3 Å². The summed E-state index contributed by atoms with van der Waals surface area (Å²) in [7, 11) is -7.42. The summed E-state index contributed by atoms with van der Waals surface area (Å²) in [6.07, 6.45) is 7.17. The van der Waals surface area contributed by atoms with Crippen molar-refractivity contribution in [2.45, 2.75) is 25.8 Å². The Bertz CT molecular complexity index is 430.